The van der Waals surface area contributed by atoms with Gasteiger partial charge in [-0.25, -0.2) is 4.39 Å². The first kappa shape index (κ1) is 16.2. The maximum atomic E-state index is 13.3. The zero-order chi connectivity index (χ0) is 14.5. The number of rotatable bonds is 7. The minimum atomic E-state index is -0.391. The van der Waals surface area contributed by atoms with Crippen molar-refractivity contribution < 1.29 is 13.9 Å². The first-order valence-electron chi connectivity index (χ1n) is 6.47. The molecule has 0 heterocycles. The van der Waals surface area contributed by atoms with E-state index in [2.05, 4.69) is 29.8 Å². The van der Waals surface area contributed by atoms with Gasteiger partial charge in [0.15, 0.2) is 5.78 Å². The summed E-state index contributed by atoms with van der Waals surface area (Å²) in [6.07, 6.45) is 1.92. The van der Waals surface area contributed by atoms with Gasteiger partial charge in [-0.15, -0.1) is 0 Å². The molecule has 0 saturated carbocycles. The normalized spacial score (nSPS) is 11.4. The second-order valence-corrected chi connectivity index (χ2v) is 5.39. The molecule has 0 radical (unpaired) electrons. The van der Waals surface area contributed by atoms with Gasteiger partial charge < -0.3 is 4.74 Å². The van der Waals surface area contributed by atoms with Gasteiger partial charge in [0.2, 0.25) is 0 Å². The Bertz CT molecular complexity index is 434. The topological polar surface area (TPSA) is 26.3 Å². The van der Waals surface area contributed by atoms with Gasteiger partial charge in [-0.05, 0) is 31.9 Å². The molecule has 0 spiro atoms. The molecule has 106 valence electrons. The number of ketones is 1. The van der Waals surface area contributed by atoms with E-state index in [4.69, 9.17) is 4.74 Å². The number of carbonyl (C=O) groups is 1. The number of benzene rings is 1. The van der Waals surface area contributed by atoms with Crippen molar-refractivity contribution >= 4 is 21.7 Å². The summed E-state index contributed by atoms with van der Waals surface area (Å²) in [4.78, 5) is 11.5. The Kier molecular flexibility index (Phi) is 5.98. The fourth-order valence-corrected chi connectivity index (χ4v) is 2.77. The molecule has 0 N–H and O–H groups in total. The Morgan fingerprint density at radius 2 is 2.00 bits per heavy atom. The third-order valence-corrected chi connectivity index (χ3v) is 4.83. The van der Waals surface area contributed by atoms with Crippen molar-refractivity contribution in [3.8, 4) is 5.75 Å². The summed E-state index contributed by atoms with van der Waals surface area (Å²) in [5, 5.41) is 0.817. The van der Waals surface area contributed by atoms with Crippen LogP contribution in [-0.4, -0.2) is 17.7 Å². The lowest BCUT2D eigenvalue weighted by atomic mass is 9.86. The number of halogens is 2. The summed E-state index contributed by atoms with van der Waals surface area (Å²) < 4.78 is 19.0. The lowest BCUT2D eigenvalue weighted by Gasteiger charge is -2.29. The van der Waals surface area contributed by atoms with Crippen molar-refractivity contribution in [2.75, 3.05) is 11.9 Å². The number of carbonyl (C=O) groups excluding carboxylic acids is 1. The van der Waals surface area contributed by atoms with Crippen LogP contribution in [0, 0.1) is 11.2 Å². The van der Waals surface area contributed by atoms with Crippen LogP contribution < -0.4 is 4.74 Å². The number of hydrogen-bond acceptors (Lipinski definition) is 2. The van der Waals surface area contributed by atoms with Crippen LogP contribution in [0.25, 0.3) is 0 Å². The molecule has 0 fully saturated rings. The maximum absolute atomic E-state index is 13.3. The van der Waals surface area contributed by atoms with E-state index in [9.17, 15) is 9.18 Å². The molecule has 0 unspecified atom stereocenters. The molecular formula is C15H20BrFO2. The van der Waals surface area contributed by atoms with Crippen molar-refractivity contribution in [2.24, 2.45) is 5.41 Å². The molecule has 0 bridgehead atoms. The molecule has 0 aromatic heterocycles. The molecule has 0 aliphatic heterocycles. The Hall–Kier alpha value is -0.900. The van der Waals surface area contributed by atoms with E-state index >= 15 is 0 Å². The fourth-order valence-electron chi connectivity index (χ4n) is 1.82. The van der Waals surface area contributed by atoms with Crippen LogP contribution in [0.5, 0.6) is 5.75 Å². The lowest BCUT2D eigenvalue weighted by molar-refractivity contribution is 0.100. The molecule has 1 aromatic carbocycles. The minimum absolute atomic E-state index is 0.0143. The van der Waals surface area contributed by atoms with Crippen LogP contribution in [0.3, 0.4) is 0 Å². The molecule has 0 atom stereocenters. The molecule has 19 heavy (non-hydrogen) atoms. The Labute approximate surface area is 122 Å². The van der Waals surface area contributed by atoms with E-state index in [-0.39, 0.29) is 11.2 Å². The molecule has 4 heteroatoms. The highest BCUT2D eigenvalue weighted by atomic mass is 79.9. The average molecular weight is 331 g/mol. The van der Waals surface area contributed by atoms with E-state index in [1.54, 1.807) is 0 Å². The first-order chi connectivity index (χ1) is 8.98. The standard InChI is InChI=1S/C15H20BrFO2/c1-4-15(5-2,9-16)10-19-14-8-12(17)6-7-13(14)11(3)18/h6-8H,4-5,9-10H2,1-3H3. The van der Waals surface area contributed by atoms with Crippen LogP contribution >= 0.6 is 15.9 Å². The predicted octanol–water partition coefficient (Wildman–Crippen LogP) is 4.61. The second kappa shape index (κ2) is 7.04. The molecular weight excluding hydrogens is 311 g/mol. The summed E-state index contributed by atoms with van der Waals surface area (Å²) >= 11 is 3.51. The SMILES string of the molecule is CCC(CC)(CBr)COc1cc(F)ccc1C(C)=O. The highest BCUT2D eigenvalue weighted by Crippen LogP contribution is 2.31. The Morgan fingerprint density at radius 1 is 1.37 bits per heavy atom. The third-order valence-electron chi connectivity index (χ3n) is 3.64. The maximum Gasteiger partial charge on any atom is 0.163 e. The molecule has 0 aliphatic carbocycles. The van der Waals surface area contributed by atoms with Crippen LogP contribution in [0.1, 0.15) is 44.0 Å². The fraction of sp³-hybridized carbons (Fsp3) is 0.533. The zero-order valence-electron chi connectivity index (χ0n) is 11.6. The quantitative estimate of drug-likeness (QED) is 0.539. The van der Waals surface area contributed by atoms with Gasteiger partial charge in [0.1, 0.15) is 11.6 Å². The third kappa shape index (κ3) is 4.03. The van der Waals surface area contributed by atoms with E-state index in [0.717, 1.165) is 18.2 Å². The molecule has 0 saturated heterocycles. The summed E-state index contributed by atoms with van der Waals surface area (Å²) in [5.41, 5.74) is 0.442. The smallest absolute Gasteiger partial charge is 0.163 e. The summed E-state index contributed by atoms with van der Waals surface area (Å²) in [6.45, 7) is 6.13. The summed E-state index contributed by atoms with van der Waals surface area (Å²) in [5.74, 6) is -0.176. The van der Waals surface area contributed by atoms with Crippen molar-refractivity contribution in [2.45, 2.75) is 33.6 Å². The van der Waals surface area contributed by atoms with Crippen LogP contribution in [0.4, 0.5) is 4.39 Å². The number of alkyl halides is 1. The molecule has 0 amide bonds. The zero-order valence-corrected chi connectivity index (χ0v) is 13.2. The van der Waals surface area contributed by atoms with Crippen molar-refractivity contribution in [3.05, 3.63) is 29.6 Å². The highest BCUT2D eigenvalue weighted by molar-refractivity contribution is 9.09. The van der Waals surface area contributed by atoms with Crippen molar-refractivity contribution in [1.82, 2.24) is 0 Å². The molecule has 1 aromatic rings. The van der Waals surface area contributed by atoms with E-state index in [1.807, 2.05) is 0 Å². The van der Waals surface area contributed by atoms with Crippen LogP contribution in [0.2, 0.25) is 0 Å². The van der Waals surface area contributed by atoms with Gasteiger partial charge in [-0.3, -0.25) is 4.79 Å². The van der Waals surface area contributed by atoms with Gasteiger partial charge in [0, 0.05) is 16.8 Å². The van der Waals surface area contributed by atoms with Gasteiger partial charge in [0.05, 0.1) is 12.2 Å². The van der Waals surface area contributed by atoms with Gasteiger partial charge in [-0.2, -0.15) is 0 Å². The monoisotopic (exact) mass is 330 g/mol. The van der Waals surface area contributed by atoms with Crippen molar-refractivity contribution in [3.63, 3.8) is 0 Å². The van der Waals surface area contributed by atoms with E-state index in [1.165, 1.54) is 25.1 Å². The largest absolute Gasteiger partial charge is 0.492 e. The number of Topliss-reactive ketones (excluding diaryl/α,β-unsaturated/α-hetero) is 1. The van der Waals surface area contributed by atoms with Crippen LogP contribution in [-0.2, 0) is 0 Å². The Morgan fingerprint density at radius 3 is 2.47 bits per heavy atom. The minimum Gasteiger partial charge on any atom is -0.492 e. The van der Waals surface area contributed by atoms with Crippen molar-refractivity contribution in [1.29, 1.82) is 0 Å². The second-order valence-electron chi connectivity index (χ2n) is 4.83. The van der Waals surface area contributed by atoms with Gasteiger partial charge in [0.25, 0.3) is 0 Å². The predicted molar refractivity (Wildman–Crippen MR) is 78.7 cm³/mol. The molecule has 0 aliphatic rings. The van der Waals surface area contributed by atoms with Gasteiger partial charge >= 0.3 is 0 Å². The molecule has 1 rings (SSSR count). The van der Waals surface area contributed by atoms with Crippen LogP contribution in [0.15, 0.2) is 18.2 Å². The summed E-state index contributed by atoms with van der Waals surface area (Å²) in [6, 6.07) is 4.03. The average Bonchev–Trinajstić information content (AvgIpc) is 2.40. The lowest BCUT2D eigenvalue weighted by Crippen LogP contribution is -2.29. The highest BCUT2D eigenvalue weighted by Gasteiger charge is 2.26. The van der Waals surface area contributed by atoms with E-state index < -0.39 is 5.82 Å². The first-order valence-corrected chi connectivity index (χ1v) is 7.59. The summed E-state index contributed by atoms with van der Waals surface area (Å²) in [7, 11) is 0. The number of ether oxygens (including phenoxy) is 1. The number of hydrogen-bond donors (Lipinski definition) is 0. The van der Waals surface area contributed by atoms with E-state index in [0.29, 0.717) is 17.9 Å². The molecule has 2 nitrogen and oxygen atoms in total. The Balaban J connectivity index is 2.93. The van der Waals surface area contributed by atoms with Gasteiger partial charge in [-0.1, -0.05) is 29.8 Å².